The fourth-order valence-corrected chi connectivity index (χ4v) is 6.87. The third-order valence-electron chi connectivity index (χ3n) is 9.95. The topological polar surface area (TPSA) is 423 Å². The molecule has 0 radical (unpaired) electrons. The van der Waals surface area contributed by atoms with Gasteiger partial charge in [-0.1, -0.05) is 0 Å². The average molecular weight is 837 g/mol. The Hall–Kier alpha value is -2.39. The Kier molecular flexibility index (Phi) is 16.4. The largest absolute Gasteiger partial charge is 0.477 e. The smallest absolute Gasteiger partial charge is 0.364 e. The zero-order valence-electron chi connectivity index (χ0n) is 30.4. The standard InChI is InChI=1S/C31H52N2O24/c1-8(37)32-15-10(39)3-31(50,30(48)49)57-26(15)20(43)13(6-36)53-27-16(33-9(2)38)25(19(42)12(5-35)52-27)56-29-24(47)22(45)18(41)14(55-29)7-51-28-23(46)21(44)17(40)11(4-34)54-28/h10-29,34-36,39-47,50H,3-7H2,1-2H3,(H,32,37)(H,33,38)(H,48,49)/t10-,11+,12+,13+,14+,15+,16+,17-,18-,19-,20+,21-,22-,23+,24+,25+,26+,27-,28+,29-,31-/m0/s1. The Morgan fingerprint density at radius 2 is 1.23 bits per heavy atom. The van der Waals surface area contributed by atoms with Gasteiger partial charge < -0.3 is 115 Å². The van der Waals surface area contributed by atoms with Crippen molar-refractivity contribution in [3.05, 3.63) is 0 Å². The summed E-state index contributed by atoms with van der Waals surface area (Å²) in [7, 11) is 0. The van der Waals surface area contributed by atoms with E-state index in [4.69, 9.17) is 33.2 Å². The van der Waals surface area contributed by atoms with E-state index in [9.17, 15) is 85.9 Å². The van der Waals surface area contributed by atoms with Crippen LogP contribution in [0.5, 0.6) is 0 Å². The van der Waals surface area contributed by atoms with E-state index in [2.05, 4.69) is 10.6 Å². The first-order chi connectivity index (χ1) is 26.7. The summed E-state index contributed by atoms with van der Waals surface area (Å²) in [5, 5.41) is 150. The fraction of sp³-hybridized carbons (Fsp3) is 0.903. The van der Waals surface area contributed by atoms with E-state index in [1.165, 1.54) is 0 Å². The fourth-order valence-electron chi connectivity index (χ4n) is 6.87. The molecule has 330 valence electrons. The average Bonchev–Trinajstić information content (AvgIpc) is 3.15. The number of carboxylic acids is 1. The van der Waals surface area contributed by atoms with Gasteiger partial charge in [-0.3, -0.25) is 9.59 Å². The molecule has 4 saturated heterocycles. The zero-order chi connectivity index (χ0) is 42.7. The van der Waals surface area contributed by atoms with Gasteiger partial charge in [-0.2, -0.15) is 0 Å². The quantitative estimate of drug-likeness (QED) is 0.0728. The van der Waals surface area contributed by atoms with E-state index in [0.717, 1.165) is 13.8 Å². The number of hydrogen-bond donors (Lipinski definition) is 16. The van der Waals surface area contributed by atoms with Gasteiger partial charge in [0.1, 0.15) is 91.5 Å². The Balaban J connectivity index is 1.58. The number of hydrogen-bond acceptors (Lipinski definition) is 23. The molecule has 0 unspecified atom stereocenters. The van der Waals surface area contributed by atoms with Crippen LogP contribution in [0.3, 0.4) is 0 Å². The maximum atomic E-state index is 12.4. The van der Waals surface area contributed by atoms with E-state index in [1.807, 2.05) is 0 Å². The highest BCUT2D eigenvalue weighted by atomic mass is 16.7. The highest BCUT2D eigenvalue weighted by Crippen LogP contribution is 2.34. The van der Waals surface area contributed by atoms with Crippen LogP contribution >= 0.6 is 0 Å². The van der Waals surface area contributed by atoms with Gasteiger partial charge in [-0.05, 0) is 0 Å². The summed E-state index contributed by atoms with van der Waals surface area (Å²) in [5.74, 6) is -6.70. The molecule has 2 amide bonds. The number of carbonyl (C=O) groups excluding carboxylic acids is 2. The molecule has 4 fully saturated rings. The van der Waals surface area contributed by atoms with Crippen LogP contribution in [0.25, 0.3) is 0 Å². The van der Waals surface area contributed by atoms with Crippen molar-refractivity contribution in [3.63, 3.8) is 0 Å². The molecule has 4 heterocycles. The van der Waals surface area contributed by atoms with Crippen molar-refractivity contribution in [2.24, 2.45) is 0 Å². The van der Waals surface area contributed by atoms with Crippen molar-refractivity contribution >= 4 is 17.8 Å². The predicted octanol–water partition coefficient (Wildman–Crippen LogP) is -10.3. The summed E-state index contributed by atoms with van der Waals surface area (Å²) in [4.78, 5) is 36.2. The SMILES string of the molecule is CC(=O)N[C@H]1[C@H](O[C@H](CO)[C@@H](O)[C@@H]2O[C@](O)(C(=O)O)C[C@H](O)[C@H]2NC(C)=O)O[C@H](CO)[C@H](O)[C@@H]1O[C@@H]1O[C@H](CO[C@@H]2O[C@H](CO)[C@H](O)[C@H](O)[C@H]2O)[C@H](O)[C@H](O)[C@H]1O. The van der Waals surface area contributed by atoms with Crippen LogP contribution in [-0.2, 0) is 47.5 Å². The molecule has 21 atom stereocenters. The van der Waals surface area contributed by atoms with Crippen LogP contribution in [0.1, 0.15) is 20.3 Å². The van der Waals surface area contributed by atoms with Crippen molar-refractivity contribution in [1.29, 1.82) is 0 Å². The number of nitrogens with one attached hydrogen (secondary N) is 2. The van der Waals surface area contributed by atoms with Crippen LogP contribution in [0, 0.1) is 0 Å². The van der Waals surface area contributed by atoms with Crippen LogP contribution in [-0.4, -0.2) is 244 Å². The number of aliphatic carboxylic acids is 1. The molecule has 57 heavy (non-hydrogen) atoms. The lowest BCUT2D eigenvalue weighted by atomic mass is 9.88. The minimum atomic E-state index is -3.10. The molecule has 0 saturated carbocycles. The van der Waals surface area contributed by atoms with Gasteiger partial charge in [0.15, 0.2) is 18.9 Å². The number of carbonyl (C=O) groups is 3. The minimum absolute atomic E-state index is 0.769. The third kappa shape index (κ3) is 10.5. The second-order valence-electron chi connectivity index (χ2n) is 14.1. The van der Waals surface area contributed by atoms with Crippen molar-refractivity contribution in [1.82, 2.24) is 10.6 Å². The number of amides is 2. The molecule has 4 aliphatic rings. The van der Waals surface area contributed by atoms with Crippen molar-refractivity contribution in [3.8, 4) is 0 Å². The monoisotopic (exact) mass is 836 g/mol. The number of aliphatic hydroxyl groups is 13. The van der Waals surface area contributed by atoms with Gasteiger partial charge in [0.05, 0.1) is 38.6 Å². The molecule has 0 aliphatic carbocycles. The van der Waals surface area contributed by atoms with E-state index >= 15 is 0 Å². The normalized spacial score (nSPS) is 45.1. The molecule has 4 rings (SSSR count). The zero-order valence-corrected chi connectivity index (χ0v) is 30.4. The molecule has 0 spiro atoms. The highest BCUT2D eigenvalue weighted by molar-refractivity contribution is 5.76. The highest BCUT2D eigenvalue weighted by Gasteiger charge is 2.56. The van der Waals surface area contributed by atoms with Gasteiger partial charge >= 0.3 is 5.97 Å². The van der Waals surface area contributed by atoms with Gasteiger partial charge in [0, 0.05) is 20.3 Å². The number of carboxylic acid groups (broad SMARTS) is 1. The summed E-state index contributed by atoms with van der Waals surface area (Å²) in [6.45, 7) is -1.70. The summed E-state index contributed by atoms with van der Waals surface area (Å²) in [5.41, 5.74) is 0. The van der Waals surface area contributed by atoms with Crippen LogP contribution < -0.4 is 10.6 Å². The Morgan fingerprint density at radius 1 is 0.719 bits per heavy atom. The maximum Gasteiger partial charge on any atom is 0.364 e. The van der Waals surface area contributed by atoms with Gasteiger partial charge in [0.2, 0.25) is 11.8 Å². The lowest BCUT2D eigenvalue weighted by Crippen LogP contribution is -2.70. The van der Waals surface area contributed by atoms with E-state index in [1.54, 1.807) is 0 Å². The van der Waals surface area contributed by atoms with Crippen molar-refractivity contribution in [2.75, 3.05) is 26.4 Å². The molecule has 26 heteroatoms. The molecule has 4 aliphatic heterocycles. The molecule has 16 N–H and O–H groups in total. The van der Waals surface area contributed by atoms with Crippen LogP contribution in [0.2, 0.25) is 0 Å². The molecule has 0 aromatic carbocycles. The Morgan fingerprint density at radius 3 is 1.77 bits per heavy atom. The lowest BCUT2D eigenvalue weighted by Gasteiger charge is -2.49. The number of ether oxygens (including phenoxy) is 7. The number of aliphatic hydroxyl groups excluding tert-OH is 12. The Labute approximate surface area is 322 Å². The van der Waals surface area contributed by atoms with E-state index < -0.39 is 179 Å². The molecule has 0 aromatic rings. The molecule has 26 nitrogen and oxygen atoms in total. The molecular formula is C31H52N2O24. The summed E-state index contributed by atoms with van der Waals surface area (Å²) >= 11 is 0. The summed E-state index contributed by atoms with van der Waals surface area (Å²) in [6.07, 6.45) is -34.7. The van der Waals surface area contributed by atoms with Crippen LogP contribution in [0.15, 0.2) is 0 Å². The van der Waals surface area contributed by atoms with Crippen molar-refractivity contribution < 1.29 is 119 Å². The first-order valence-corrected chi connectivity index (χ1v) is 17.7. The van der Waals surface area contributed by atoms with Gasteiger partial charge in [-0.15, -0.1) is 0 Å². The van der Waals surface area contributed by atoms with Crippen molar-refractivity contribution in [2.45, 2.75) is 149 Å². The first-order valence-electron chi connectivity index (χ1n) is 17.7. The molecule has 0 bridgehead atoms. The maximum absolute atomic E-state index is 12.4. The van der Waals surface area contributed by atoms with E-state index in [-0.39, 0.29) is 0 Å². The minimum Gasteiger partial charge on any atom is -0.477 e. The number of rotatable bonds is 15. The van der Waals surface area contributed by atoms with Crippen LogP contribution in [0.4, 0.5) is 0 Å². The first kappa shape index (κ1) is 47.3. The molecule has 0 aromatic heterocycles. The van der Waals surface area contributed by atoms with Gasteiger partial charge in [0.25, 0.3) is 5.79 Å². The Bertz CT molecular complexity index is 1350. The summed E-state index contributed by atoms with van der Waals surface area (Å²) in [6, 6.07) is -3.33. The van der Waals surface area contributed by atoms with Gasteiger partial charge in [-0.25, -0.2) is 4.79 Å². The third-order valence-corrected chi connectivity index (χ3v) is 9.95. The predicted molar refractivity (Wildman–Crippen MR) is 174 cm³/mol. The second-order valence-corrected chi connectivity index (χ2v) is 14.1. The summed E-state index contributed by atoms with van der Waals surface area (Å²) < 4.78 is 38.7. The second kappa shape index (κ2) is 19.8. The lowest BCUT2D eigenvalue weighted by molar-refractivity contribution is -0.359. The molecular weight excluding hydrogens is 784 g/mol. The van der Waals surface area contributed by atoms with E-state index in [0.29, 0.717) is 0 Å².